The lowest BCUT2D eigenvalue weighted by atomic mass is 10.3. The van der Waals surface area contributed by atoms with Crippen LogP contribution in [0.1, 0.15) is 0 Å². The Kier molecular flexibility index (Phi) is 3.45. The van der Waals surface area contributed by atoms with Gasteiger partial charge in [0.25, 0.3) is 0 Å². The van der Waals surface area contributed by atoms with E-state index in [2.05, 4.69) is 22.8 Å². The monoisotopic (exact) mass is 364 g/mol. The van der Waals surface area contributed by atoms with Gasteiger partial charge in [-0.05, 0) is 24.3 Å². The number of hydrogen-bond donors (Lipinski definition) is 2. The van der Waals surface area contributed by atoms with E-state index in [1.165, 1.54) is 28.6 Å². The third-order valence-corrected chi connectivity index (χ3v) is 7.70. The van der Waals surface area contributed by atoms with Crippen LogP contribution in [0.25, 0.3) is 28.6 Å². The summed E-state index contributed by atoms with van der Waals surface area (Å²) in [4.78, 5) is 23.4. The van der Waals surface area contributed by atoms with E-state index in [0.717, 1.165) is 10.0 Å². The highest BCUT2D eigenvalue weighted by molar-refractivity contribution is 7.35. The zero-order chi connectivity index (χ0) is 15.1. The van der Waals surface area contributed by atoms with Gasteiger partial charge >= 0.3 is 0 Å². The molecule has 0 aliphatic carbocycles. The molecule has 0 saturated heterocycles. The number of carbonyl (C=O) groups excluding carboxylic acids is 2. The third-order valence-electron chi connectivity index (χ3n) is 3.06. The lowest BCUT2D eigenvalue weighted by molar-refractivity contribution is -0.106. The van der Waals surface area contributed by atoms with Crippen molar-refractivity contribution >= 4 is 87.0 Å². The summed E-state index contributed by atoms with van der Waals surface area (Å²) < 4.78 is 4.74. The first kappa shape index (κ1) is 13.9. The first-order valence-electron chi connectivity index (χ1n) is 6.24. The molecule has 0 bridgehead atoms. The number of carbonyl (C=O) groups is 2. The van der Waals surface area contributed by atoms with E-state index in [1.807, 2.05) is 12.1 Å². The molecule has 0 spiro atoms. The van der Waals surface area contributed by atoms with Crippen molar-refractivity contribution in [3.8, 4) is 9.75 Å². The zero-order valence-electron chi connectivity index (χ0n) is 10.9. The predicted molar refractivity (Wildman–Crippen MR) is 97.8 cm³/mol. The Labute approximate surface area is 141 Å². The molecule has 0 saturated carbocycles. The van der Waals surface area contributed by atoms with Crippen molar-refractivity contribution in [3.63, 3.8) is 0 Å². The second kappa shape index (κ2) is 5.47. The van der Waals surface area contributed by atoms with E-state index in [-0.39, 0.29) is 0 Å². The number of thiophene rings is 4. The molecule has 4 heterocycles. The van der Waals surface area contributed by atoms with Crippen LogP contribution in [0.5, 0.6) is 0 Å². The Morgan fingerprint density at radius 3 is 1.41 bits per heavy atom. The Morgan fingerprint density at radius 2 is 1.05 bits per heavy atom. The number of anilines is 2. The van der Waals surface area contributed by atoms with Crippen LogP contribution in [-0.4, -0.2) is 12.8 Å². The quantitative estimate of drug-likeness (QED) is 0.487. The minimum Gasteiger partial charge on any atom is -0.320 e. The van der Waals surface area contributed by atoms with Crippen molar-refractivity contribution in [1.82, 2.24) is 0 Å². The first-order valence-corrected chi connectivity index (χ1v) is 9.51. The van der Waals surface area contributed by atoms with Crippen LogP contribution in [0.3, 0.4) is 0 Å². The summed E-state index contributed by atoms with van der Waals surface area (Å²) in [6.07, 6.45) is 1.41. The average molecular weight is 364 g/mol. The van der Waals surface area contributed by atoms with Gasteiger partial charge in [0.05, 0.1) is 10.0 Å². The molecule has 110 valence electrons. The van der Waals surface area contributed by atoms with Crippen molar-refractivity contribution in [1.29, 1.82) is 0 Å². The van der Waals surface area contributed by atoms with E-state index in [1.54, 1.807) is 45.3 Å². The number of rotatable bonds is 5. The summed E-state index contributed by atoms with van der Waals surface area (Å²) in [6, 6.07) is 8.34. The summed E-state index contributed by atoms with van der Waals surface area (Å²) in [7, 11) is 0. The molecule has 0 radical (unpaired) electrons. The second-order valence-electron chi connectivity index (χ2n) is 4.42. The van der Waals surface area contributed by atoms with Gasteiger partial charge in [0.15, 0.2) is 0 Å². The molecule has 4 aromatic heterocycles. The molecule has 4 nitrogen and oxygen atoms in total. The van der Waals surface area contributed by atoms with Crippen molar-refractivity contribution in [2.75, 3.05) is 10.6 Å². The van der Waals surface area contributed by atoms with Gasteiger partial charge in [-0.1, -0.05) is 0 Å². The molecule has 0 unspecified atom stereocenters. The van der Waals surface area contributed by atoms with Crippen LogP contribution >= 0.6 is 45.3 Å². The molecule has 0 atom stereocenters. The van der Waals surface area contributed by atoms with Crippen LogP contribution in [0.2, 0.25) is 0 Å². The van der Waals surface area contributed by atoms with Gasteiger partial charge in [0, 0.05) is 28.6 Å². The van der Waals surface area contributed by atoms with Crippen LogP contribution < -0.4 is 10.6 Å². The summed E-state index contributed by atoms with van der Waals surface area (Å²) in [5, 5.41) is 7.13. The lowest BCUT2D eigenvalue weighted by Gasteiger charge is -1.91. The largest absolute Gasteiger partial charge is 0.320 e. The Hall–Kier alpha value is -1.74. The molecule has 8 heteroatoms. The maximum absolute atomic E-state index is 10.5. The van der Waals surface area contributed by atoms with Gasteiger partial charge in [0.2, 0.25) is 12.8 Å². The summed E-state index contributed by atoms with van der Waals surface area (Å²) >= 11 is 6.62. The van der Waals surface area contributed by atoms with E-state index in [4.69, 9.17) is 0 Å². The van der Waals surface area contributed by atoms with Gasteiger partial charge in [-0.25, -0.2) is 0 Å². The standard InChI is InChI=1S/C14H8N2O2S4/c17-5-15-13-3-11-9(21-13)1-7(19-11)8-2-10-12(20-8)4-14(22-10)16-6-18/h1-6H,(H,15,17)(H,16,18). The van der Waals surface area contributed by atoms with Crippen LogP contribution in [-0.2, 0) is 9.59 Å². The Morgan fingerprint density at radius 1 is 0.636 bits per heavy atom. The predicted octanol–water partition coefficient (Wildman–Crippen LogP) is 5.04. The van der Waals surface area contributed by atoms with Gasteiger partial charge in [0.1, 0.15) is 0 Å². The van der Waals surface area contributed by atoms with E-state index < -0.39 is 0 Å². The Bertz CT molecular complexity index is 848. The summed E-state index contributed by atoms with van der Waals surface area (Å²) in [5.74, 6) is 0. The molecule has 2 amide bonds. The van der Waals surface area contributed by atoms with Crippen molar-refractivity contribution in [2.45, 2.75) is 0 Å². The van der Waals surface area contributed by atoms with Gasteiger partial charge in [-0.2, -0.15) is 0 Å². The summed E-state index contributed by atoms with van der Waals surface area (Å²) in [6.45, 7) is 0. The first-order chi connectivity index (χ1) is 10.8. The fourth-order valence-corrected chi connectivity index (χ4v) is 6.75. The zero-order valence-corrected chi connectivity index (χ0v) is 14.2. The van der Waals surface area contributed by atoms with Gasteiger partial charge in [-0.3, -0.25) is 9.59 Å². The van der Waals surface area contributed by atoms with Gasteiger partial charge in [-0.15, -0.1) is 45.3 Å². The maximum Gasteiger partial charge on any atom is 0.212 e. The fraction of sp³-hybridized carbons (Fsp3) is 0. The van der Waals surface area contributed by atoms with Crippen LogP contribution in [0, 0.1) is 0 Å². The molecule has 22 heavy (non-hydrogen) atoms. The van der Waals surface area contributed by atoms with Gasteiger partial charge < -0.3 is 10.6 Å². The number of fused-ring (bicyclic) bond motifs is 2. The van der Waals surface area contributed by atoms with Crippen LogP contribution in [0.4, 0.5) is 10.0 Å². The number of hydrogen-bond acceptors (Lipinski definition) is 6. The molecular formula is C14H8N2O2S4. The molecular weight excluding hydrogens is 356 g/mol. The normalized spacial score (nSPS) is 11.1. The Balaban J connectivity index is 1.70. The highest BCUT2D eigenvalue weighted by atomic mass is 32.1. The molecule has 0 aliphatic heterocycles. The second-order valence-corrected chi connectivity index (χ2v) is 8.76. The van der Waals surface area contributed by atoms with Crippen LogP contribution in [0.15, 0.2) is 24.3 Å². The molecule has 4 rings (SSSR count). The maximum atomic E-state index is 10.5. The average Bonchev–Trinajstić information content (AvgIpc) is 3.16. The molecule has 0 fully saturated rings. The number of nitrogens with one attached hydrogen (secondary N) is 2. The molecule has 0 aromatic carbocycles. The molecule has 2 N–H and O–H groups in total. The van der Waals surface area contributed by atoms with E-state index >= 15 is 0 Å². The summed E-state index contributed by atoms with van der Waals surface area (Å²) in [5.41, 5.74) is 0. The lowest BCUT2D eigenvalue weighted by Crippen LogP contribution is -1.88. The fourth-order valence-electron chi connectivity index (χ4n) is 2.17. The highest BCUT2D eigenvalue weighted by Gasteiger charge is 2.12. The highest BCUT2D eigenvalue weighted by Crippen LogP contribution is 2.45. The molecule has 0 aliphatic rings. The van der Waals surface area contributed by atoms with E-state index in [0.29, 0.717) is 12.8 Å². The third kappa shape index (κ3) is 2.34. The van der Waals surface area contributed by atoms with Crippen molar-refractivity contribution in [3.05, 3.63) is 24.3 Å². The smallest absolute Gasteiger partial charge is 0.212 e. The minimum atomic E-state index is 0.703. The SMILES string of the molecule is O=CNc1cc2sc(-c3cc4sc(NC=O)cc4s3)cc2s1. The van der Waals surface area contributed by atoms with Crippen molar-refractivity contribution < 1.29 is 9.59 Å². The van der Waals surface area contributed by atoms with E-state index in [9.17, 15) is 9.59 Å². The van der Waals surface area contributed by atoms with Crippen molar-refractivity contribution in [2.24, 2.45) is 0 Å². The molecule has 4 aromatic rings. The topological polar surface area (TPSA) is 58.2 Å². The number of amides is 2. The minimum absolute atomic E-state index is 0.703.